The lowest BCUT2D eigenvalue weighted by molar-refractivity contribution is -0.0323. The van der Waals surface area contributed by atoms with Crippen LogP contribution in [0.4, 0.5) is 10.5 Å². The molecule has 0 aromatic heterocycles. The molecule has 1 atom stereocenters. The van der Waals surface area contributed by atoms with E-state index in [1.54, 1.807) is 14.2 Å². The van der Waals surface area contributed by atoms with Crippen molar-refractivity contribution in [1.29, 1.82) is 0 Å². The second-order valence-electron chi connectivity index (χ2n) is 8.90. The highest BCUT2D eigenvalue weighted by Gasteiger charge is 2.37. The first-order valence-electron chi connectivity index (χ1n) is 11.0. The van der Waals surface area contributed by atoms with Crippen molar-refractivity contribution in [3.8, 4) is 5.75 Å². The molecule has 7 heteroatoms. The van der Waals surface area contributed by atoms with Gasteiger partial charge in [-0.2, -0.15) is 0 Å². The van der Waals surface area contributed by atoms with Crippen LogP contribution in [0, 0.1) is 5.92 Å². The largest absolute Gasteiger partial charge is 0.495 e. The lowest BCUT2D eigenvalue weighted by Crippen LogP contribution is -2.47. The van der Waals surface area contributed by atoms with E-state index in [2.05, 4.69) is 6.08 Å². The Balaban J connectivity index is 1.31. The number of aliphatic hydroxyl groups is 1. The summed E-state index contributed by atoms with van der Waals surface area (Å²) in [6, 6.07) is 13.4. The number of rotatable bonds is 6. The quantitative estimate of drug-likeness (QED) is 0.676. The van der Waals surface area contributed by atoms with Crippen molar-refractivity contribution in [1.82, 2.24) is 4.90 Å². The number of ether oxygens (including phenoxy) is 2. The molecular formula is C25H31N3O4. The Kier molecular flexibility index (Phi) is 6.37. The lowest BCUT2D eigenvalue weighted by Gasteiger charge is -2.39. The van der Waals surface area contributed by atoms with Crippen LogP contribution in [0.1, 0.15) is 31.2 Å². The van der Waals surface area contributed by atoms with Gasteiger partial charge in [0.1, 0.15) is 12.4 Å². The number of hydrogen-bond donors (Lipinski definition) is 2. The highest BCUT2D eigenvalue weighted by Crippen LogP contribution is 2.36. The van der Waals surface area contributed by atoms with Crippen LogP contribution in [-0.2, 0) is 11.3 Å². The number of hydrogen-bond acceptors (Lipinski definition) is 6. The number of likely N-dealkylation sites (N-methyl/N-ethyl adjacent to an activating group) is 1. The van der Waals surface area contributed by atoms with Gasteiger partial charge in [-0.25, -0.2) is 4.79 Å². The minimum absolute atomic E-state index is 0.0784. The Hall–Kier alpha value is -3.06. The van der Waals surface area contributed by atoms with Gasteiger partial charge in [0, 0.05) is 18.3 Å². The first-order chi connectivity index (χ1) is 15.4. The van der Waals surface area contributed by atoms with E-state index in [1.807, 2.05) is 42.5 Å². The first-order valence-corrected chi connectivity index (χ1v) is 11.0. The standard InChI is InChI=1S/C25H31N3O4/c1-28(24(29)32-15-17-6-4-3-5-7-17)16-25(30)10-8-18(9-11-25)21-13-19-12-20(26)23(31-2)14-22(19)27-21/h3-7,12-14,18,21,30H,8-11,15-16,26H2,1-2H3. The van der Waals surface area contributed by atoms with E-state index in [0.29, 0.717) is 30.2 Å². The monoisotopic (exact) mass is 437 g/mol. The fourth-order valence-corrected chi connectivity index (χ4v) is 4.66. The summed E-state index contributed by atoms with van der Waals surface area (Å²) in [4.78, 5) is 18.7. The Morgan fingerprint density at radius 1 is 1.25 bits per heavy atom. The minimum Gasteiger partial charge on any atom is -0.495 e. The van der Waals surface area contributed by atoms with E-state index in [1.165, 1.54) is 4.90 Å². The Morgan fingerprint density at radius 3 is 2.66 bits per heavy atom. The third kappa shape index (κ3) is 4.88. The molecule has 0 saturated heterocycles. The maximum absolute atomic E-state index is 12.4. The van der Waals surface area contributed by atoms with Gasteiger partial charge in [-0.1, -0.05) is 36.4 Å². The number of carbonyl (C=O) groups is 1. The molecule has 0 radical (unpaired) electrons. The SMILES string of the molecule is COc1cc2c(cc1N)=CC(C1CCC(O)(CN(C)C(=O)OCc3ccccc3)CC1)N=2. The molecule has 1 heterocycles. The van der Waals surface area contributed by atoms with E-state index in [-0.39, 0.29) is 19.2 Å². The second kappa shape index (κ2) is 9.20. The van der Waals surface area contributed by atoms with Crippen molar-refractivity contribution < 1.29 is 19.4 Å². The Bertz CT molecular complexity index is 1080. The van der Waals surface area contributed by atoms with Crippen LogP contribution in [0.2, 0.25) is 0 Å². The first kappa shape index (κ1) is 22.1. The molecule has 1 aliphatic heterocycles. The maximum Gasteiger partial charge on any atom is 0.409 e. The summed E-state index contributed by atoms with van der Waals surface area (Å²) in [5.74, 6) is 0.993. The predicted octanol–water partition coefficient (Wildman–Crippen LogP) is 2.25. The zero-order valence-electron chi connectivity index (χ0n) is 18.7. The molecule has 3 N–H and O–H groups in total. The number of carbonyl (C=O) groups excluding carboxylic acids is 1. The number of benzene rings is 2. The smallest absolute Gasteiger partial charge is 0.409 e. The second-order valence-corrected chi connectivity index (χ2v) is 8.90. The van der Waals surface area contributed by atoms with Gasteiger partial charge < -0.3 is 25.2 Å². The molecule has 4 rings (SSSR count). The zero-order chi connectivity index (χ0) is 22.7. The van der Waals surface area contributed by atoms with Crippen molar-refractivity contribution >= 4 is 17.9 Å². The molecule has 7 nitrogen and oxygen atoms in total. The van der Waals surface area contributed by atoms with E-state index in [9.17, 15) is 9.90 Å². The molecule has 0 bridgehead atoms. The summed E-state index contributed by atoms with van der Waals surface area (Å²) in [6.07, 6.45) is 4.66. The molecule has 1 amide bonds. The number of amides is 1. The van der Waals surface area contributed by atoms with E-state index in [0.717, 1.165) is 29.0 Å². The normalized spacial score (nSPS) is 24.1. The number of methoxy groups -OCH3 is 1. The van der Waals surface area contributed by atoms with Crippen LogP contribution in [-0.4, -0.2) is 48.4 Å². The molecule has 2 aromatic carbocycles. The molecule has 1 fully saturated rings. The summed E-state index contributed by atoms with van der Waals surface area (Å²) < 4.78 is 10.7. The Labute approximate surface area is 188 Å². The van der Waals surface area contributed by atoms with Crippen LogP contribution >= 0.6 is 0 Å². The van der Waals surface area contributed by atoms with Crippen LogP contribution < -0.4 is 21.0 Å². The fraction of sp³-hybridized carbons (Fsp3) is 0.440. The zero-order valence-corrected chi connectivity index (χ0v) is 18.7. The third-order valence-corrected chi connectivity index (χ3v) is 6.51. The third-order valence-electron chi connectivity index (χ3n) is 6.51. The molecule has 0 spiro atoms. The molecule has 170 valence electrons. The lowest BCUT2D eigenvalue weighted by atomic mass is 9.76. The van der Waals surface area contributed by atoms with Crippen molar-refractivity contribution in [3.05, 3.63) is 58.6 Å². The number of nitrogen functional groups attached to an aromatic ring is 1. The van der Waals surface area contributed by atoms with Crippen molar-refractivity contribution in [3.63, 3.8) is 0 Å². The summed E-state index contributed by atoms with van der Waals surface area (Å²) in [5, 5.41) is 13.0. The molecule has 1 aliphatic carbocycles. The number of anilines is 1. The van der Waals surface area contributed by atoms with Crippen LogP contribution in [0.5, 0.6) is 5.75 Å². The van der Waals surface area contributed by atoms with Gasteiger partial charge in [0.05, 0.1) is 36.3 Å². The van der Waals surface area contributed by atoms with Crippen molar-refractivity contribution in [2.45, 2.75) is 43.9 Å². The molecular weight excluding hydrogens is 406 g/mol. The van der Waals surface area contributed by atoms with Gasteiger partial charge in [0.15, 0.2) is 0 Å². The summed E-state index contributed by atoms with van der Waals surface area (Å²) >= 11 is 0. The molecule has 32 heavy (non-hydrogen) atoms. The summed E-state index contributed by atoms with van der Waals surface area (Å²) in [6.45, 7) is 0.478. The highest BCUT2D eigenvalue weighted by atomic mass is 16.6. The maximum atomic E-state index is 12.4. The highest BCUT2D eigenvalue weighted by molar-refractivity contribution is 5.67. The predicted molar refractivity (Wildman–Crippen MR) is 123 cm³/mol. The topological polar surface area (TPSA) is 97.4 Å². The number of fused-ring (bicyclic) bond motifs is 1. The summed E-state index contributed by atoms with van der Waals surface area (Å²) in [5.41, 5.74) is 6.67. The van der Waals surface area contributed by atoms with Gasteiger partial charge >= 0.3 is 6.09 Å². The van der Waals surface area contributed by atoms with Crippen LogP contribution in [0.3, 0.4) is 0 Å². The van der Waals surface area contributed by atoms with Gasteiger partial charge in [-0.15, -0.1) is 0 Å². The molecule has 1 unspecified atom stereocenters. The van der Waals surface area contributed by atoms with Gasteiger partial charge in [0.2, 0.25) is 0 Å². The molecule has 2 aromatic rings. The Morgan fingerprint density at radius 2 is 1.97 bits per heavy atom. The van der Waals surface area contributed by atoms with Crippen molar-refractivity contribution in [2.75, 3.05) is 26.4 Å². The number of nitrogens with two attached hydrogens (primary N) is 1. The van der Waals surface area contributed by atoms with Crippen LogP contribution in [0.25, 0.3) is 6.08 Å². The average molecular weight is 438 g/mol. The van der Waals surface area contributed by atoms with Crippen molar-refractivity contribution in [2.24, 2.45) is 10.9 Å². The van der Waals surface area contributed by atoms with E-state index < -0.39 is 11.7 Å². The van der Waals surface area contributed by atoms with Gasteiger partial charge in [0.25, 0.3) is 0 Å². The molecule has 2 aliphatic rings. The van der Waals surface area contributed by atoms with Gasteiger partial charge in [-0.05, 0) is 43.2 Å². The number of nitrogens with zero attached hydrogens (tertiary/aromatic N) is 2. The van der Waals surface area contributed by atoms with Crippen LogP contribution in [0.15, 0.2) is 47.5 Å². The van der Waals surface area contributed by atoms with E-state index >= 15 is 0 Å². The fourth-order valence-electron chi connectivity index (χ4n) is 4.66. The minimum atomic E-state index is -0.907. The average Bonchev–Trinajstić information content (AvgIpc) is 3.20. The van der Waals surface area contributed by atoms with Gasteiger partial charge in [-0.3, -0.25) is 4.99 Å². The van der Waals surface area contributed by atoms with E-state index in [4.69, 9.17) is 20.2 Å². The molecule has 1 saturated carbocycles. The summed E-state index contributed by atoms with van der Waals surface area (Å²) in [7, 11) is 3.27.